The lowest BCUT2D eigenvalue weighted by Crippen LogP contribution is -2.25. The quantitative estimate of drug-likeness (QED) is 0.823. The molecule has 1 N–H and O–H groups in total. The number of carbonyl (C=O) groups is 1. The van der Waals surface area contributed by atoms with Crippen molar-refractivity contribution in [3.05, 3.63) is 28.0 Å². The number of hydrogen-bond acceptors (Lipinski definition) is 5. The third-order valence-corrected chi connectivity index (χ3v) is 3.80. The van der Waals surface area contributed by atoms with Crippen LogP contribution in [0.1, 0.15) is 40.1 Å². The van der Waals surface area contributed by atoms with Crippen LogP contribution in [-0.2, 0) is 13.0 Å². The molecular weight excluding hydrogens is 274 g/mol. The van der Waals surface area contributed by atoms with Gasteiger partial charge in [-0.3, -0.25) is 9.48 Å². The van der Waals surface area contributed by atoms with Gasteiger partial charge in [0.05, 0.1) is 11.4 Å². The lowest BCUT2D eigenvalue weighted by molar-refractivity contribution is 0.0955. The summed E-state index contributed by atoms with van der Waals surface area (Å²) in [7, 11) is 0. The zero-order valence-corrected chi connectivity index (χ0v) is 12.8. The minimum Gasteiger partial charge on any atom is -0.351 e. The van der Waals surface area contributed by atoms with Crippen molar-refractivity contribution in [3.63, 3.8) is 0 Å². The van der Waals surface area contributed by atoms with Gasteiger partial charge in [0.25, 0.3) is 5.91 Å². The predicted molar refractivity (Wildman–Crippen MR) is 77.9 cm³/mol. The molecule has 0 saturated heterocycles. The molecule has 2 heterocycles. The van der Waals surface area contributed by atoms with Gasteiger partial charge in [0.2, 0.25) is 0 Å². The molecule has 0 radical (unpaired) electrons. The number of nitrogens with zero attached hydrogens (tertiary/aromatic N) is 4. The maximum Gasteiger partial charge on any atom is 0.264 e. The van der Waals surface area contributed by atoms with E-state index in [0.29, 0.717) is 11.4 Å². The van der Waals surface area contributed by atoms with Crippen molar-refractivity contribution in [3.8, 4) is 0 Å². The highest BCUT2D eigenvalue weighted by atomic mass is 32.1. The van der Waals surface area contributed by atoms with Crippen LogP contribution in [0.3, 0.4) is 0 Å². The monoisotopic (exact) mass is 293 g/mol. The second kappa shape index (κ2) is 6.60. The molecular formula is C13H19N5OS. The average Bonchev–Trinajstić information content (AvgIpc) is 3.01. The van der Waals surface area contributed by atoms with Crippen molar-refractivity contribution in [2.45, 2.75) is 40.2 Å². The highest BCUT2D eigenvalue weighted by Gasteiger charge is 2.14. The van der Waals surface area contributed by atoms with Crippen LogP contribution in [0.25, 0.3) is 0 Å². The van der Waals surface area contributed by atoms with Crippen molar-refractivity contribution in [2.24, 2.45) is 0 Å². The van der Waals surface area contributed by atoms with Crippen molar-refractivity contribution >= 4 is 17.4 Å². The minimum atomic E-state index is -0.0785. The zero-order valence-electron chi connectivity index (χ0n) is 12.0. The summed E-state index contributed by atoms with van der Waals surface area (Å²) in [6, 6.07) is 2.05. The molecule has 7 heteroatoms. The van der Waals surface area contributed by atoms with Gasteiger partial charge in [-0.1, -0.05) is 11.4 Å². The molecule has 0 bridgehead atoms. The number of amides is 1. The summed E-state index contributed by atoms with van der Waals surface area (Å²) in [6.45, 7) is 7.42. The molecule has 0 spiro atoms. The van der Waals surface area contributed by atoms with Gasteiger partial charge in [-0.2, -0.15) is 5.10 Å². The second-order valence-electron chi connectivity index (χ2n) is 4.66. The molecule has 1 amide bonds. The Balaban J connectivity index is 1.79. The van der Waals surface area contributed by atoms with Crippen LogP contribution in [0.4, 0.5) is 0 Å². The lowest BCUT2D eigenvalue weighted by atomic mass is 10.3. The number of rotatable bonds is 6. The van der Waals surface area contributed by atoms with Crippen LogP contribution in [0.2, 0.25) is 0 Å². The van der Waals surface area contributed by atoms with Crippen molar-refractivity contribution in [2.75, 3.05) is 6.54 Å². The number of aryl methyl sites for hydroxylation is 4. The van der Waals surface area contributed by atoms with E-state index in [1.807, 2.05) is 25.5 Å². The van der Waals surface area contributed by atoms with E-state index in [1.165, 1.54) is 0 Å². The van der Waals surface area contributed by atoms with E-state index in [4.69, 9.17) is 0 Å². The lowest BCUT2D eigenvalue weighted by Gasteiger charge is -2.06. The van der Waals surface area contributed by atoms with Gasteiger partial charge >= 0.3 is 0 Å². The first-order valence-corrected chi connectivity index (χ1v) is 7.49. The predicted octanol–water partition coefficient (Wildman–Crippen LogP) is 1.73. The Labute approximate surface area is 122 Å². The molecule has 6 nitrogen and oxygen atoms in total. The molecule has 0 aliphatic carbocycles. The Hall–Kier alpha value is -1.76. The van der Waals surface area contributed by atoms with Gasteiger partial charge in [-0.05, 0) is 44.3 Å². The fourth-order valence-electron chi connectivity index (χ4n) is 2.02. The topological polar surface area (TPSA) is 72.7 Å². The van der Waals surface area contributed by atoms with Gasteiger partial charge in [0.1, 0.15) is 4.88 Å². The maximum absolute atomic E-state index is 12.0. The first kappa shape index (κ1) is 14.6. The standard InChI is InChI=1S/C13H19N5OS/c1-4-11-12(20-17-15-11)13(19)14-6-5-7-18-10(3)8-9(2)16-18/h8H,4-7H2,1-3H3,(H,14,19). The third-order valence-electron chi connectivity index (χ3n) is 3.03. The Kier molecular flexibility index (Phi) is 4.84. The van der Waals surface area contributed by atoms with E-state index in [2.05, 4.69) is 26.1 Å². The number of hydrogen-bond donors (Lipinski definition) is 1. The first-order chi connectivity index (χ1) is 9.61. The molecule has 0 aliphatic rings. The minimum absolute atomic E-state index is 0.0785. The molecule has 2 aromatic heterocycles. The van der Waals surface area contributed by atoms with E-state index >= 15 is 0 Å². The van der Waals surface area contributed by atoms with Crippen LogP contribution >= 0.6 is 11.5 Å². The summed E-state index contributed by atoms with van der Waals surface area (Å²) in [4.78, 5) is 12.6. The molecule has 0 atom stereocenters. The summed E-state index contributed by atoms with van der Waals surface area (Å²) in [5, 5.41) is 11.2. The van der Waals surface area contributed by atoms with Crippen LogP contribution < -0.4 is 5.32 Å². The number of aromatic nitrogens is 4. The summed E-state index contributed by atoms with van der Waals surface area (Å²) in [5.74, 6) is -0.0785. The molecule has 0 saturated carbocycles. The van der Waals surface area contributed by atoms with Crippen molar-refractivity contribution in [1.29, 1.82) is 0 Å². The third kappa shape index (κ3) is 3.41. The second-order valence-corrected chi connectivity index (χ2v) is 5.42. The van der Waals surface area contributed by atoms with Crippen LogP contribution in [0.15, 0.2) is 6.07 Å². The molecule has 0 aromatic carbocycles. The Morgan fingerprint density at radius 3 is 2.90 bits per heavy atom. The largest absolute Gasteiger partial charge is 0.351 e. The summed E-state index contributed by atoms with van der Waals surface area (Å²) < 4.78 is 5.79. The van der Waals surface area contributed by atoms with Crippen molar-refractivity contribution < 1.29 is 4.79 Å². The zero-order chi connectivity index (χ0) is 14.5. The summed E-state index contributed by atoms with van der Waals surface area (Å²) in [6.07, 6.45) is 1.58. The van der Waals surface area contributed by atoms with E-state index in [-0.39, 0.29) is 5.91 Å². The summed E-state index contributed by atoms with van der Waals surface area (Å²) >= 11 is 1.15. The van der Waals surface area contributed by atoms with Crippen LogP contribution in [0, 0.1) is 13.8 Å². The van der Waals surface area contributed by atoms with E-state index in [9.17, 15) is 4.79 Å². The Morgan fingerprint density at radius 1 is 1.45 bits per heavy atom. The van der Waals surface area contributed by atoms with Crippen LogP contribution in [-0.4, -0.2) is 31.8 Å². The smallest absolute Gasteiger partial charge is 0.264 e. The molecule has 0 aliphatic heterocycles. The molecule has 20 heavy (non-hydrogen) atoms. The van der Waals surface area contributed by atoms with Crippen LogP contribution in [0.5, 0.6) is 0 Å². The fourth-order valence-corrected chi connectivity index (χ4v) is 2.69. The van der Waals surface area contributed by atoms with Gasteiger partial charge in [-0.15, -0.1) is 5.10 Å². The highest BCUT2D eigenvalue weighted by molar-refractivity contribution is 7.08. The van der Waals surface area contributed by atoms with E-state index < -0.39 is 0 Å². The first-order valence-electron chi connectivity index (χ1n) is 6.72. The molecule has 2 aromatic rings. The molecule has 0 unspecified atom stereocenters. The van der Waals surface area contributed by atoms with Gasteiger partial charge in [-0.25, -0.2) is 0 Å². The molecule has 2 rings (SSSR count). The number of carbonyl (C=O) groups excluding carboxylic acids is 1. The normalized spacial score (nSPS) is 10.8. The van der Waals surface area contributed by atoms with Crippen molar-refractivity contribution in [1.82, 2.24) is 24.7 Å². The van der Waals surface area contributed by atoms with Gasteiger partial charge < -0.3 is 5.32 Å². The van der Waals surface area contributed by atoms with Gasteiger partial charge in [0, 0.05) is 18.8 Å². The SMILES string of the molecule is CCc1nnsc1C(=O)NCCCn1nc(C)cc1C. The molecule has 108 valence electrons. The summed E-state index contributed by atoms with van der Waals surface area (Å²) in [5.41, 5.74) is 2.94. The number of nitrogens with one attached hydrogen (secondary N) is 1. The molecule has 0 fully saturated rings. The Bertz CT molecular complexity index is 589. The van der Waals surface area contributed by atoms with E-state index in [0.717, 1.165) is 48.0 Å². The fraction of sp³-hybridized carbons (Fsp3) is 0.538. The Morgan fingerprint density at radius 2 is 2.25 bits per heavy atom. The van der Waals surface area contributed by atoms with E-state index in [1.54, 1.807) is 0 Å². The average molecular weight is 293 g/mol. The maximum atomic E-state index is 12.0. The highest BCUT2D eigenvalue weighted by Crippen LogP contribution is 2.10. The van der Waals surface area contributed by atoms with Gasteiger partial charge in [0.15, 0.2) is 0 Å².